The third kappa shape index (κ3) is 2.39. The van der Waals surface area contributed by atoms with E-state index in [4.69, 9.17) is 5.26 Å². The Bertz CT molecular complexity index is 386. The zero-order valence-corrected chi connectivity index (χ0v) is 8.91. The molecule has 0 saturated heterocycles. The molecule has 0 fully saturated rings. The van der Waals surface area contributed by atoms with Crippen LogP contribution in [0.2, 0.25) is 0 Å². The van der Waals surface area contributed by atoms with E-state index in [-0.39, 0.29) is 5.78 Å². The summed E-state index contributed by atoms with van der Waals surface area (Å²) in [6, 6.07) is 8.48. The van der Waals surface area contributed by atoms with Gasteiger partial charge in [-0.05, 0) is 46.9 Å². The van der Waals surface area contributed by atoms with E-state index in [0.29, 0.717) is 14.7 Å². The van der Waals surface area contributed by atoms with Crippen LogP contribution in [0.5, 0.6) is 0 Å². The van der Waals surface area contributed by atoms with Crippen LogP contribution in [0.4, 0.5) is 0 Å². The third-order valence-corrected chi connectivity index (χ3v) is 2.01. The predicted molar refractivity (Wildman–Crippen MR) is 58.6 cm³/mol. The van der Waals surface area contributed by atoms with E-state index in [0.717, 1.165) is 0 Å². The lowest BCUT2D eigenvalue weighted by molar-refractivity contribution is 0.104. The summed E-state index contributed by atoms with van der Waals surface area (Å²) in [6.45, 7) is 3.55. The molecule has 0 bridgehead atoms. The van der Waals surface area contributed by atoms with Crippen molar-refractivity contribution in [1.29, 1.82) is 5.26 Å². The molecule has 64 valence electrons. The molecule has 1 rings (SSSR count). The van der Waals surface area contributed by atoms with E-state index in [1.54, 1.807) is 24.3 Å². The molecule has 0 aliphatic rings. The molecule has 0 radical (unpaired) electrons. The number of rotatable bonds is 2. The van der Waals surface area contributed by atoms with Gasteiger partial charge in [-0.1, -0.05) is 6.58 Å². The van der Waals surface area contributed by atoms with Gasteiger partial charge in [0.25, 0.3) is 0 Å². The molecule has 0 aromatic heterocycles. The fourth-order valence-electron chi connectivity index (χ4n) is 0.853. The molecule has 2 nitrogen and oxygen atoms in total. The molecule has 1 aromatic carbocycles. The van der Waals surface area contributed by atoms with Crippen LogP contribution < -0.4 is 0 Å². The molecule has 0 unspecified atom stereocenters. The first-order chi connectivity index (χ1) is 6.15. The number of carbonyl (C=O) groups excluding carboxylic acids is 1. The first-order valence-corrected chi connectivity index (χ1v) is 4.62. The highest BCUT2D eigenvalue weighted by atomic mass is 127. The highest BCUT2D eigenvalue weighted by Gasteiger charge is 2.06. The van der Waals surface area contributed by atoms with Gasteiger partial charge in [0.1, 0.15) is 0 Å². The van der Waals surface area contributed by atoms with E-state index in [2.05, 4.69) is 6.58 Å². The Morgan fingerprint density at radius 1 is 1.38 bits per heavy atom. The van der Waals surface area contributed by atoms with Crippen LogP contribution in [0.15, 0.2) is 34.4 Å². The van der Waals surface area contributed by atoms with Crippen molar-refractivity contribution in [2.24, 2.45) is 0 Å². The molecule has 0 amide bonds. The summed E-state index contributed by atoms with van der Waals surface area (Å²) in [5.41, 5.74) is 1.12. The maximum atomic E-state index is 11.4. The Morgan fingerprint density at radius 2 is 1.92 bits per heavy atom. The number of halogens is 1. The molecule has 0 aliphatic heterocycles. The summed E-state index contributed by atoms with van der Waals surface area (Å²) in [5, 5.41) is 8.52. The fraction of sp³-hybridized carbons (Fsp3) is 0. The maximum absolute atomic E-state index is 11.4. The van der Waals surface area contributed by atoms with Gasteiger partial charge in [0.2, 0.25) is 0 Å². The number of carbonyl (C=O) groups is 1. The number of allylic oxidation sites excluding steroid dienone is 1. The van der Waals surface area contributed by atoms with Crippen LogP contribution in [0.3, 0.4) is 0 Å². The van der Waals surface area contributed by atoms with Gasteiger partial charge in [0.15, 0.2) is 5.78 Å². The Kier molecular flexibility index (Phi) is 3.20. The van der Waals surface area contributed by atoms with Crippen molar-refractivity contribution in [1.82, 2.24) is 0 Å². The van der Waals surface area contributed by atoms with Gasteiger partial charge in [-0.25, -0.2) is 0 Å². The smallest absolute Gasteiger partial charge is 0.198 e. The number of hydrogen-bond donors (Lipinski definition) is 0. The van der Waals surface area contributed by atoms with Crippen LogP contribution >= 0.6 is 22.6 Å². The summed E-state index contributed by atoms with van der Waals surface area (Å²) in [7, 11) is 0. The number of ketones is 1. The lowest BCUT2D eigenvalue weighted by Crippen LogP contribution is -1.96. The summed E-state index contributed by atoms with van der Waals surface area (Å²) in [4.78, 5) is 11.4. The van der Waals surface area contributed by atoms with Crippen molar-refractivity contribution < 1.29 is 4.79 Å². The van der Waals surface area contributed by atoms with Gasteiger partial charge in [-0.2, -0.15) is 5.26 Å². The average Bonchev–Trinajstić information content (AvgIpc) is 2.17. The molecule has 0 spiro atoms. The first kappa shape index (κ1) is 9.93. The molecule has 1 aromatic rings. The Labute approximate surface area is 90.0 Å². The molecule has 0 saturated carbocycles. The average molecular weight is 283 g/mol. The van der Waals surface area contributed by atoms with Crippen molar-refractivity contribution in [3.05, 3.63) is 45.6 Å². The quantitative estimate of drug-likeness (QED) is 0.475. The van der Waals surface area contributed by atoms with Crippen molar-refractivity contribution in [2.45, 2.75) is 0 Å². The standard InChI is InChI=1S/C10H6INO/c1-7(11)10(13)9-4-2-8(6-12)3-5-9/h2-5H,1H2. The van der Waals surface area contributed by atoms with Gasteiger partial charge in [0, 0.05) is 5.56 Å². The van der Waals surface area contributed by atoms with Gasteiger partial charge < -0.3 is 0 Å². The summed E-state index contributed by atoms with van der Waals surface area (Å²) in [5.74, 6) is -0.0925. The molecule has 0 heterocycles. The predicted octanol–water partition coefficient (Wildman–Crippen LogP) is 2.69. The van der Waals surface area contributed by atoms with Gasteiger partial charge >= 0.3 is 0 Å². The van der Waals surface area contributed by atoms with E-state index in [9.17, 15) is 4.79 Å². The number of nitrogens with zero attached hydrogens (tertiary/aromatic N) is 1. The third-order valence-electron chi connectivity index (χ3n) is 1.52. The van der Waals surface area contributed by atoms with Gasteiger partial charge in [0.05, 0.1) is 15.2 Å². The molecule has 0 N–H and O–H groups in total. The lowest BCUT2D eigenvalue weighted by atomic mass is 10.1. The molecular weight excluding hydrogens is 277 g/mol. The van der Waals surface area contributed by atoms with E-state index >= 15 is 0 Å². The highest BCUT2D eigenvalue weighted by molar-refractivity contribution is 14.1. The summed E-state index contributed by atoms with van der Waals surface area (Å²) < 4.78 is 0.474. The first-order valence-electron chi connectivity index (χ1n) is 3.54. The van der Waals surface area contributed by atoms with Crippen LogP contribution in [-0.4, -0.2) is 5.78 Å². The molecule has 0 atom stereocenters. The zero-order valence-electron chi connectivity index (χ0n) is 6.75. The van der Waals surface area contributed by atoms with E-state index in [1.165, 1.54) is 0 Å². The Hall–Kier alpha value is -1.15. The SMILES string of the molecule is C=C(I)C(=O)c1ccc(C#N)cc1. The second kappa shape index (κ2) is 4.19. The zero-order chi connectivity index (χ0) is 9.84. The summed E-state index contributed by atoms with van der Waals surface area (Å²) in [6.07, 6.45) is 0. The number of benzene rings is 1. The topological polar surface area (TPSA) is 40.9 Å². The molecular formula is C10H6INO. The van der Waals surface area contributed by atoms with Crippen molar-refractivity contribution in [2.75, 3.05) is 0 Å². The Morgan fingerprint density at radius 3 is 2.31 bits per heavy atom. The number of nitriles is 1. The monoisotopic (exact) mass is 283 g/mol. The number of Topliss-reactive ketones (excluding diaryl/α,β-unsaturated/α-hetero) is 1. The minimum absolute atomic E-state index is 0.0925. The number of hydrogen-bond acceptors (Lipinski definition) is 2. The highest BCUT2D eigenvalue weighted by Crippen LogP contribution is 2.12. The lowest BCUT2D eigenvalue weighted by Gasteiger charge is -1.97. The normalized spacial score (nSPS) is 8.92. The van der Waals surface area contributed by atoms with E-state index < -0.39 is 0 Å². The van der Waals surface area contributed by atoms with Gasteiger partial charge in [-0.3, -0.25) is 4.79 Å². The van der Waals surface area contributed by atoms with Crippen LogP contribution in [-0.2, 0) is 0 Å². The fourth-order valence-corrected chi connectivity index (χ4v) is 1.16. The molecule has 13 heavy (non-hydrogen) atoms. The maximum Gasteiger partial charge on any atom is 0.198 e. The minimum Gasteiger partial charge on any atom is -0.288 e. The molecule has 0 aliphatic carbocycles. The largest absolute Gasteiger partial charge is 0.288 e. The van der Waals surface area contributed by atoms with Crippen LogP contribution in [0.25, 0.3) is 0 Å². The van der Waals surface area contributed by atoms with Crippen LogP contribution in [0.1, 0.15) is 15.9 Å². The van der Waals surface area contributed by atoms with Crippen molar-refractivity contribution in [3.63, 3.8) is 0 Å². The van der Waals surface area contributed by atoms with Crippen molar-refractivity contribution >= 4 is 28.4 Å². The van der Waals surface area contributed by atoms with E-state index in [1.807, 2.05) is 28.7 Å². The summed E-state index contributed by atoms with van der Waals surface area (Å²) >= 11 is 1.88. The second-order valence-electron chi connectivity index (χ2n) is 2.42. The van der Waals surface area contributed by atoms with Crippen LogP contribution in [0, 0.1) is 11.3 Å². The Balaban J connectivity index is 3.01. The van der Waals surface area contributed by atoms with Crippen molar-refractivity contribution in [3.8, 4) is 6.07 Å². The second-order valence-corrected chi connectivity index (χ2v) is 3.73. The molecule has 3 heteroatoms. The van der Waals surface area contributed by atoms with Gasteiger partial charge in [-0.15, -0.1) is 0 Å². The minimum atomic E-state index is -0.0925.